The van der Waals surface area contributed by atoms with Crippen LogP contribution in [0.1, 0.15) is 58.1 Å². The van der Waals surface area contributed by atoms with E-state index in [2.05, 4.69) is 19.2 Å². The second-order valence-corrected chi connectivity index (χ2v) is 11.4. The molecule has 0 bridgehead atoms. The second-order valence-electron chi connectivity index (χ2n) is 9.48. The van der Waals surface area contributed by atoms with Gasteiger partial charge in [0.2, 0.25) is 21.8 Å². The van der Waals surface area contributed by atoms with Gasteiger partial charge in [-0.15, -0.1) is 0 Å². The lowest BCUT2D eigenvalue weighted by molar-refractivity contribution is -0.140. The van der Waals surface area contributed by atoms with Crippen LogP contribution in [0.4, 0.5) is 5.69 Å². The average Bonchev–Trinajstić information content (AvgIpc) is 2.81. The molecule has 8 nitrogen and oxygen atoms in total. The molecule has 0 spiro atoms. The van der Waals surface area contributed by atoms with Crippen LogP contribution in [0, 0.1) is 0 Å². The van der Waals surface area contributed by atoms with Gasteiger partial charge < -0.3 is 15.0 Å². The van der Waals surface area contributed by atoms with Crippen molar-refractivity contribution < 1.29 is 22.7 Å². The lowest BCUT2D eigenvalue weighted by Crippen LogP contribution is -2.53. The highest BCUT2D eigenvalue weighted by molar-refractivity contribution is 7.92. The number of nitrogens with one attached hydrogen (secondary N) is 1. The number of hydrogen-bond acceptors (Lipinski definition) is 5. The van der Waals surface area contributed by atoms with Crippen LogP contribution in [0.3, 0.4) is 0 Å². The van der Waals surface area contributed by atoms with E-state index in [-0.39, 0.29) is 24.4 Å². The molecule has 0 aromatic heterocycles. The van der Waals surface area contributed by atoms with E-state index in [9.17, 15) is 18.0 Å². The van der Waals surface area contributed by atoms with Crippen LogP contribution in [0.5, 0.6) is 5.75 Å². The van der Waals surface area contributed by atoms with E-state index < -0.39 is 28.5 Å². The Morgan fingerprint density at radius 1 is 1.03 bits per heavy atom. The lowest BCUT2D eigenvalue weighted by atomic mass is 10.0. The number of ether oxygens (including phenoxy) is 1. The Kier molecular flexibility index (Phi) is 10.3. The third kappa shape index (κ3) is 7.98. The normalized spacial score (nSPS) is 12.4. The number of methoxy groups -OCH3 is 1. The van der Waals surface area contributed by atoms with Crippen LogP contribution in [0.2, 0.25) is 0 Å². The minimum absolute atomic E-state index is 0.104. The first-order valence-electron chi connectivity index (χ1n) is 12.2. The third-order valence-electron chi connectivity index (χ3n) is 5.83. The molecule has 1 unspecified atom stereocenters. The predicted octanol–water partition coefficient (Wildman–Crippen LogP) is 3.92. The molecular weight excluding hydrogens is 478 g/mol. The minimum atomic E-state index is -3.77. The molecule has 0 fully saturated rings. The SMILES string of the molecule is CCC(C(=O)NC(C)C)N(Cc1cccc(OC)c1)C(=O)CN(c1ccc(C(C)C)cc1)S(C)(=O)=O. The summed E-state index contributed by atoms with van der Waals surface area (Å²) in [6.07, 6.45) is 1.45. The van der Waals surface area contributed by atoms with Gasteiger partial charge in [-0.3, -0.25) is 13.9 Å². The summed E-state index contributed by atoms with van der Waals surface area (Å²) in [5, 5.41) is 2.88. The van der Waals surface area contributed by atoms with Crippen LogP contribution in [-0.4, -0.2) is 57.1 Å². The van der Waals surface area contributed by atoms with Crippen molar-refractivity contribution in [2.75, 3.05) is 24.2 Å². The lowest BCUT2D eigenvalue weighted by Gasteiger charge is -2.33. The highest BCUT2D eigenvalue weighted by Gasteiger charge is 2.32. The molecule has 198 valence electrons. The second kappa shape index (κ2) is 12.8. The van der Waals surface area contributed by atoms with Gasteiger partial charge in [0.25, 0.3) is 0 Å². The Labute approximate surface area is 215 Å². The summed E-state index contributed by atoms with van der Waals surface area (Å²) in [5.74, 6) is 0.163. The molecule has 2 aromatic carbocycles. The molecule has 0 saturated carbocycles. The van der Waals surface area contributed by atoms with Crippen LogP contribution in [0.25, 0.3) is 0 Å². The Balaban J connectivity index is 2.45. The summed E-state index contributed by atoms with van der Waals surface area (Å²) in [4.78, 5) is 28.2. The molecule has 36 heavy (non-hydrogen) atoms. The van der Waals surface area contributed by atoms with Crippen molar-refractivity contribution in [3.63, 3.8) is 0 Å². The predicted molar refractivity (Wildman–Crippen MR) is 144 cm³/mol. The van der Waals surface area contributed by atoms with Crippen LogP contribution in [0.15, 0.2) is 48.5 Å². The number of anilines is 1. The number of sulfonamides is 1. The zero-order valence-corrected chi connectivity index (χ0v) is 23.1. The first-order chi connectivity index (χ1) is 16.9. The van der Waals surface area contributed by atoms with E-state index in [0.29, 0.717) is 17.9 Å². The van der Waals surface area contributed by atoms with E-state index >= 15 is 0 Å². The fourth-order valence-corrected chi connectivity index (χ4v) is 4.76. The molecule has 2 amide bonds. The zero-order valence-electron chi connectivity index (χ0n) is 22.3. The maximum Gasteiger partial charge on any atom is 0.244 e. The first kappa shape index (κ1) is 29.2. The summed E-state index contributed by atoms with van der Waals surface area (Å²) in [6, 6.07) is 13.5. The number of rotatable bonds is 12. The standard InChI is InChI=1S/C27H39N3O5S/c1-8-25(27(32)28-20(4)5)29(17-21-10-9-11-24(16-21)35-6)26(31)18-30(36(7,33)34)23-14-12-22(13-15-23)19(2)3/h9-16,19-20,25H,8,17-18H2,1-7H3,(H,28,32). The molecular formula is C27H39N3O5S. The van der Waals surface area contributed by atoms with Crippen molar-refractivity contribution in [2.24, 2.45) is 0 Å². The fraction of sp³-hybridized carbons (Fsp3) is 0.481. The molecule has 2 rings (SSSR count). The van der Waals surface area contributed by atoms with Gasteiger partial charge in [-0.25, -0.2) is 8.42 Å². The molecule has 0 saturated heterocycles. The highest BCUT2D eigenvalue weighted by atomic mass is 32.2. The van der Waals surface area contributed by atoms with Gasteiger partial charge in [0.15, 0.2) is 0 Å². The van der Waals surface area contributed by atoms with Gasteiger partial charge in [-0.05, 0) is 61.6 Å². The summed E-state index contributed by atoms with van der Waals surface area (Å²) < 4.78 is 31.9. The number of hydrogen-bond donors (Lipinski definition) is 1. The van der Waals surface area contributed by atoms with E-state index in [0.717, 1.165) is 21.7 Å². The van der Waals surface area contributed by atoms with Gasteiger partial charge in [-0.1, -0.05) is 45.0 Å². The van der Waals surface area contributed by atoms with Crippen molar-refractivity contribution >= 4 is 27.5 Å². The Hall–Kier alpha value is -3.07. The first-order valence-corrected chi connectivity index (χ1v) is 14.0. The van der Waals surface area contributed by atoms with Crippen molar-refractivity contribution in [3.8, 4) is 5.75 Å². The summed E-state index contributed by atoms with van der Waals surface area (Å²) in [6.45, 7) is 9.34. The Bertz CT molecular complexity index is 1130. The van der Waals surface area contributed by atoms with Gasteiger partial charge in [0.05, 0.1) is 19.1 Å². The molecule has 9 heteroatoms. The fourth-order valence-electron chi connectivity index (χ4n) is 3.91. The third-order valence-corrected chi connectivity index (χ3v) is 6.97. The smallest absolute Gasteiger partial charge is 0.244 e. The highest BCUT2D eigenvalue weighted by Crippen LogP contribution is 2.23. The molecule has 1 N–H and O–H groups in total. The van der Waals surface area contributed by atoms with Crippen molar-refractivity contribution in [2.45, 2.75) is 65.6 Å². The van der Waals surface area contributed by atoms with Gasteiger partial charge in [0, 0.05) is 12.6 Å². The van der Waals surface area contributed by atoms with Crippen LogP contribution < -0.4 is 14.4 Å². The molecule has 0 heterocycles. The van der Waals surface area contributed by atoms with Gasteiger partial charge >= 0.3 is 0 Å². The van der Waals surface area contributed by atoms with E-state index in [1.54, 1.807) is 31.4 Å². The maximum atomic E-state index is 13.7. The number of benzene rings is 2. The monoisotopic (exact) mass is 517 g/mol. The molecule has 0 aliphatic carbocycles. The molecule has 0 radical (unpaired) electrons. The average molecular weight is 518 g/mol. The zero-order chi connectivity index (χ0) is 27.0. The minimum Gasteiger partial charge on any atom is -0.497 e. The van der Waals surface area contributed by atoms with E-state index in [1.165, 1.54) is 4.90 Å². The maximum absolute atomic E-state index is 13.7. The Morgan fingerprint density at radius 2 is 1.67 bits per heavy atom. The van der Waals surface area contributed by atoms with E-state index in [4.69, 9.17) is 4.74 Å². The molecule has 2 aromatic rings. The van der Waals surface area contributed by atoms with Gasteiger partial charge in [-0.2, -0.15) is 0 Å². The summed E-state index contributed by atoms with van der Waals surface area (Å²) >= 11 is 0. The number of nitrogens with zero attached hydrogens (tertiary/aromatic N) is 2. The van der Waals surface area contributed by atoms with E-state index in [1.807, 2.05) is 45.0 Å². The van der Waals surface area contributed by atoms with Crippen molar-refractivity contribution in [1.29, 1.82) is 0 Å². The van der Waals surface area contributed by atoms with Crippen molar-refractivity contribution in [1.82, 2.24) is 10.2 Å². The summed E-state index contributed by atoms with van der Waals surface area (Å²) in [7, 11) is -2.21. The quantitative estimate of drug-likeness (QED) is 0.460. The van der Waals surface area contributed by atoms with Gasteiger partial charge in [0.1, 0.15) is 18.3 Å². The Morgan fingerprint density at radius 3 is 2.17 bits per heavy atom. The molecule has 0 aliphatic heterocycles. The van der Waals surface area contributed by atoms with Crippen molar-refractivity contribution in [3.05, 3.63) is 59.7 Å². The topological polar surface area (TPSA) is 96.0 Å². The van der Waals surface area contributed by atoms with Crippen LogP contribution in [-0.2, 0) is 26.2 Å². The number of amides is 2. The van der Waals surface area contributed by atoms with Crippen LogP contribution >= 0.6 is 0 Å². The summed E-state index contributed by atoms with van der Waals surface area (Å²) in [5.41, 5.74) is 2.23. The number of carbonyl (C=O) groups excluding carboxylic acids is 2. The largest absolute Gasteiger partial charge is 0.497 e. The number of carbonyl (C=O) groups is 2. The molecule has 1 atom stereocenters. The molecule has 0 aliphatic rings.